The molecule has 8 aromatic rings. The van der Waals surface area contributed by atoms with Crippen LogP contribution in [0.5, 0.6) is 0 Å². The van der Waals surface area contributed by atoms with Crippen LogP contribution in [-0.4, -0.2) is 0 Å². The minimum atomic E-state index is -0.362. The number of nitrogens with zero attached hydrogens (tertiary/aromatic N) is 1. The van der Waals surface area contributed by atoms with Crippen LogP contribution in [0.3, 0.4) is 0 Å². The summed E-state index contributed by atoms with van der Waals surface area (Å²) in [7, 11) is 0. The molecular weight excluding hydrogens is 727 g/mol. The van der Waals surface area contributed by atoms with Gasteiger partial charge >= 0.3 is 0 Å². The molecule has 3 atom stereocenters. The smallest absolute Gasteiger partial charge is 0.135 e. The molecule has 0 aliphatic heterocycles. The van der Waals surface area contributed by atoms with Crippen molar-refractivity contribution in [1.29, 1.82) is 0 Å². The van der Waals surface area contributed by atoms with E-state index in [0.29, 0.717) is 11.8 Å². The van der Waals surface area contributed by atoms with Gasteiger partial charge in [-0.05, 0) is 129 Å². The van der Waals surface area contributed by atoms with Crippen molar-refractivity contribution >= 4 is 39.0 Å². The van der Waals surface area contributed by atoms with E-state index >= 15 is 0 Å². The molecular formula is C58H45NO. The molecule has 1 aromatic heterocycles. The number of rotatable bonds is 6. The molecule has 288 valence electrons. The van der Waals surface area contributed by atoms with Crippen LogP contribution in [0.4, 0.5) is 17.1 Å². The molecule has 1 heterocycles. The van der Waals surface area contributed by atoms with E-state index in [1.54, 1.807) is 0 Å². The van der Waals surface area contributed by atoms with Crippen molar-refractivity contribution in [2.75, 3.05) is 4.90 Å². The highest BCUT2D eigenvalue weighted by molar-refractivity contribution is 6.06. The lowest BCUT2D eigenvalue weighted by atomic mass is 9.65. The molecule has 0 spiro atoms. The maximum absolute atomic E-state index is 6.17. The average molecular weight is 772 g/mol. The third-order valence-corrected chi connectivity index (χ3v) is 14.1. The van der Waals surface area contributed by atoms with Crippen LogP contribution in [0, 0.1) is 5.92 Å². The third-order valence-electron chi connectivity index (χ3n) is 14.1. The lowest BCUT2D eigenvalue weighted by Gasteiger charge is -2.37. The fourth-order valence-corrected chi connectivity index (χ4v) is 11.3. The standard InChI is InChI=1S/C58H45NO/c1-57(2)51-22-12-9-19-45(51)47-32-30-44(37-54(47)57)59(42-28-25-38(26-29-42)39-27-34-56-50(35-39)48-21-11-14-24-55(48)60-56)43-31-33-53-49(36-43)46-20-10-13-23-52(46)58(53,40-15-5-3-6-16-40)41-17-7-4-8-18-41/h3-7,9-17,19-37,45,51H,8,18H2,1-2H3. The van der Waals surface area contributed by atoms with Gasteiger partial charge < -0.3 is 9.32 Å². The molecule has 0 bridgehead atoms. The van der Waals surface area contributed by atoms with Crippen molar-refractivity contribution in [3.63, 3.8) is 0 Å². The second-order valence-electron chi connectivity index (χ2n) is 17.6. The minimum absolute atomic E-state index is 0.00295. The largest absolute Gasteiger partial charge is 0.456 e. The highest BCUT2D eigenvalue weighted by Crippen LogP contribution is 2.59. The van der Waals surface area contributed by atoms with Gasteiger partial charge in [0, 0.05) is 33.8 Å². The summed E-state index contributed by atoms with van der Waals surface area (Å²) in [5.74, 6) is 0.842. The first kappa shape index (κ1) is 35.1. The number of furan rings is 1. The molecule has 0 radical (unpaired) electrons. The van der Waals surface area contributed by atoms with E-state index in [4.69, 9.17) is 4.42 Å². The molecule has 0 saturated heterocycles. The zero-order chi connectivity index (χ0) is 40.0. The minimum Gasteiger partial charge on any atom is -0.456 e. The van der Waals surface area contributed by atoms with E-state index in [1.807, 2.05) is 12.1 Å². The number of anilines is 3. The predicted molar refractivity (Wildman–Crippen MR) is 250 cm³/mol. The Bertz CT molecular complexity index is 3140. The number of benzene rings is 7. The monoisotopic (exact) mass is 771 g/mol. The van der Waals surface area contributed by atoms with Gasteiger partial charge in [0.1, 0.15) is 11.2 Å². The maximum atomic E-state index is 6.17. The van der Waals surface area contributed by atoms with Crippen LogP contribution in [0.25, 0.3) is 44.2 Å². The zero-order valence-corrected chi connectivity index (χ0v) is 34.0. The van der Waals surface area contributed by atoms with Crippen LogP contribution in [-0.2, 0) is 10.8 Å². The van der Waals surface area contributed by atoms with Gasteiger partial charge in [-0.2, -0.15) is 0 Å². The Hall–Kier alpha value is -6.90. The summed E-state index contributed by atoms with van der Waals surface area (Å²) >= 11 is 0. The molecule has 0 saturated carbocycles. The molecule has 60 heavy (non-hydrogen) atoms. The summed E-state index contributed by atoms with van der Waals surface area (Å²) in [5, 5.41) is 2.29. The number of hydrogen-bond donors (Lipinski definition) is 0. The molecule has 4 aliphatic carbocycles. The van der Waals surface area contributed by atoms with Gasteiger partial charge in [0.2, 0.25) is 0 Å². The SMILES string of the molecule is CC1(C)c2cc(N(c3ccc(-c4ccc5oc6ccccc6c5c4)cc3)c3ccc4c(c3)-c3ccccc3C4(C3=CC=CCC3)c3ccccc3)ccc2C2C=CC=CC21. The lowest BCUT2D eigenvalue weighted by Crippen LogP contribution is -2.30. The molecule has 3 unspecified atom stereocenters. The van der Waals surface area contributed by atoms with Crippen LogP contribution in [0.15, 0.2) is 210 Å². The van der Waals surface area contributed by atoms with Crippen molar-refractivity contribution in [3.8, 4) is 22.3 Å². The number of para-hydroxylation sites is 1. The molecule has 0 N–H and O–H groups in total. The maximum Gasteiger partial charge on any atom is 0.135 e. The second kappa shape index (κ2) is 13.3. The highest BCUT2D eigenvalue weighted by Gasteiger charge is 2.48. The van der Waals surface area contributed by atoms with Crippen LogP contribution in [0.2, 0.25) is 0 Å². The quantitative estimate of drug-likeness (QED) is 0.167. The van der Waals surface area contributed by atoms with Gasteiger partial charge in [-0.25, -0.2) is 0 Å². The topological polar surface area (TPSA) is 16.4 Å². The van der Waals surface area contributed by atoms with E-state index in [1.165, 1.54) is 61.3 Å². The van der Waals surface area contributed by atoms with Crippen molar-refractivity contribution in [1.82, 2.24) is 0 Å². The Morgan fingerprint density at radius 2 is 1.27 bits per heavy atom. The fourth-order valence-electron chi connectivity index (χ4n) is 11.3. The van der Waals surface area contributed by atoms with E-state index < -0.39 is 0 Å². The van der Waals surface area contributed by atoms with E-state index in [9.17, 15) is 0 Å². The summed E-state index contributed by atoms with van der Waals surface area (Å²) in [6.07, 6.45) is 18.3. The Kier molecular flexibility index (Phi) is 7.78. The lowest BCUT2D eigenvalue weighted by molar-refractivity contribution is 0.394. The molecule has 7 aromatic carbocycles. The summed E-state index contributed by atoms with van der Waals surface area (Å²) in [5.41, 5.74) is 18.3. The number of hydrogen-bond acceptors (Lipinski definition) is 2. The van der Waals surface area contributed by atoms with Crippen molar-refractivity contribution in [2.45, 2.75) is 43.4 Å². The predicted octanol–water partition coefficient (Wildman–Crippen LogP) is 15.4. The summed E-state index contributed by atoms with van der Waals surface area (Å²) in [6.45, 7) is 4.85. The Labute approximate surface area is 352 Å². The molecule has 2 heteroatoms. The van der Waals surface area contributed by atoms with E-state index in [2.05, 4.69) is 207 Å². The van der Waals surface area contributed by atoms with Gasteiger partial charge in [0.15, 0.2) is 0 Å². The van der Waals surface area contributed by atoms with Gasteiger partial charge in [0.25, 0.3) is 0 Å². The summed E-state index contributed by atoms with van der Waals surface area (Å²) in [6, 6.07) is 58.8. The fraction of sp³-hybridized carbons (Fsp3) is 0.138. The Morgan fingerprint density at radius 3 is 2.13 bits per heavy atom. The number of allylic oxidation sites excluding steroid dienone is 8. The van der Waals surface area contributed by atoms with Crippen molar-refractivity contribution < 1.29 is 4.42 Å². The van der Waals surface area contributed by atoms with E-state index in [-0.39, 0.29) is 10.8 Å². The van der Waals surface area contributed by atoms with Crippen molar-refractivity contribution in [2.24, 2.45) is 5.92 Å². The first-order valence-electron chi connectivity index (χ1n) is 21.5. The normalized spacial score (nSPS) is 20.5. The van der Waals surface area contributed by atoms with Gasteiger partial charge in [-0.3, -0.25) is 0 Å². The zero-order valence-electron chi connectivity index (χ0n) is 34.0. The first-order valence-corrected chi connectivity index (χ1v) is 21.5. The molecule has 4 aliphatic rings. The second-order valence-corrected chi connectivity index (χ2v) is 17.6. The summed E-state index contributed by atoms with van der Waals surface area (Å²) in [4.78, 5) is 2.48. The molecule has 12 rings (SSSR count). The molecule has 2 nitrogen and oxygen atoms in total. The Balaban J connectivity index is 1.04. The van der Waals surface area contributed by atoms with Gasteiger partial charge in [-0.1, -0.05) is 165 Å². The van der Waals surface area contributed by atoms with E-state index in [0.717, 1.165) is 46.2 Å². The van der Waals surface area contributed by atoms with Crippen LogP contribution < -0.4 is 4.90 Å². The first-order chi connectivity index (χ1) is 29.5. The average Bonchev–Trinajstić information content (AvgIpc) is 3.91. The van der Waals surface area contributed by atoms with Crippen LogP contribution >= 0.6 is 0 Å². The van der Waals surface area contributed by atoms with Gasteiger partial charge in [0.05, 0.1) is 5.41 Å². The molecule has 0 amide bonds. The van der Waals surface area contributed by atoms with Crippen LogP contribution in [0.1, 0.15) is 60.4 Å². The highest BCUT2D eigenvalue weighted by atomic mass is 16.3. The van der Waals surface area contributed by atoms with Gasteiger partial charge in [-0.15, -0.1) is 0 Å². The number of fused-ring (bicyclic) bond motifs is 9. The van der Waals surface area contributed by atoms with Crippen molar-refractivity contribution in [3.05, 3.63) is 234 Å². The third kappa shape index (κ3) is 5.07. The summed E-state index contributed by atoms with van der Waals surface area (Å²) < 4.78 is 6.17. The molecule has 0 fully saturated rings. The Morgan fingerprint density at radius 1 is 0.550 bits per heavy atom.